The monoisotopic (exact) mass is 351 g/mol. The van der Waals surface area contributed by atoms with Crippen LogP contribution in [0, 0.1) is 0 Å². The van der Waals surface area contributed by atoms with Crippen molar-refractivity contribution in [2.75, 3.05) is 12.5 Å². The summed E-state index contributed by atoms with van der Waals surface area (Å²) >= 11 is 5.28. The van der Waals surface area contributed by atoms with Crippen LogP contribution in [0.4, 0.5) is 0 Å². The van der Waals surface area contributed by atoms with Crippen molar-refractivity contribution in [1.29, 1.82) is 0 Å². The van der Waals surface area contributed by atoms with Crippen molar-refractivity contribution in [2.24, 2.45) is 5.73 Å². The number of rotatable bonds is 4. The van der Waals surface area contributed by atoms with E-state index in [1.165, 1.54) is 4.90 Å². The Morgan fingerprint density at radius 3 is 2.80 bits per heavy atom. The molecule has 0 spiro atoms. The zero-order valence-electron chi connectivity index (χ0n) is 10.7. The van der Waals surface area contributed by atoms with Gasteiger partial charge in [0, 0.05) is 21.2 Å². The Balaban J connectivity index is 1.67. The Labute approximate surface area is 130 Å². The van der Waals surface area contributed by atoms with E-state index in [2.05, 4.69) is 22.0 Å². The first kappa shape index (κ1) is 13.8. The minimum Gasteiger partial charge on any atom is -0.454 e. The molecular weight excluding hydrogens is 338 g/mol. The van der Waals surface area contributed by atoms with Crippen LogP contribution >= 0.6 is 27.7 Å². The highest BCUT2D eigenvalue weighted by Crippen LogP contribution is 2.35. The summed E-state index contributed by atoms with van der Waals surface area (Å²) < 4.78 is 11.8. The maximum Gasteiger partial charge on any atom is 0.231 e. The van der Waals surface area contributed by atoms with Crippen LogP contribution in [0.15, 0.2) is 51.8 Å². The SMILES string of the molecule is NC(CSc1ccccc1Br)c1ccc2c(c1)OCO2. The van der Waals surface area contributed by atoms with Crippen LogP contribution in [0.5, 0.6) is 11.5 Å². The van der Waals surface area contributed by atoms with Crippen molar-refractivity contribution < 1.29 is 9.47 Å². The van der Waals surface area contributed by atoms with Gasteiger partial charge in [0.15, 0.2) is 11.5 Å². The molecule has 0 fully saturated rings. The molecule has 1 aliphatic rings. The standard InChI is InChI=1S/C15H14BrNO2S/c16-11-3-1-2-4-15(11)20-8-12(17)10-5-6-13-14(7-10)19-9-18-13/h1-7,12H,8-9,17H2. The lowest BCUT2D eigenvalue weighted by Crippen LogP contribution is -2.12. The molecule has 104 valence electrons. The lowest BCUT2D eigenvalue weighted by atomic mass is 10.1. The molecule has 0 aliphatic carbocycles. The van der Waals surface area contributed by atoms with Gasteiger partial charge in [-0.2, -0.15) is 0 Å². The van der Waals surface area contributed by atoms with Gasteiger partial charge in [-0.25, -0.2) is 0 Å². The van der Waals surface area contributed by atoms with Gasteiger partial charge in [0.1, 0.15) is 0 Å². The first-order valence-corrected chi connectivity index (χ1v) is 8.04. The van der Waals surface area contributed by atoms with E-state index in [4.69, 9.17) is 15.2 Å². The van der Waals surface area contributed by atoms with Crippen molar-refractivity contribution in [1.82, 2.24) is 0 Å². The van der Waals surface area contributed by atoms with Crippen molar-refractivity contribution in [3.8, 4) is 11.5 Å². The molecule has 1 heterocycles. The molecule has 1 unspecified atom stereocenters. The zero-order valence-corrected chi connectivity index (χ0v) is 13.1. The fraction of sp³-hybridized carbons (Fsp3) is 0.200. The Morgan fingerprint density at radius 2 is 1.95 bits per heavy atom. The third-order valence-electron chi connectivity index (χ3n) is 3.08. The second kappa shape index (κ2) is 6.08. The van der Waals surface area contributed by atoms with Gasteiger partial charge in [0.25, 0.3) is 0 Å². The average molecular weight is 352 g/mol. The Kier molecular flexibility index (Phi) is 4.19. The molecule has 2 aromatic carbocycles. The van der Waals surface area contributed by atoms with Gasteiger partial charge < -0.3 is 15.2 Å². The number of nitrogens with two attached hydrogens (primary N) is 1. The largest absolute Gasteiger partial charge is 0.454 e. The summed E-state index contributed by atoms with van der Waals surface area (Å²) in [7, 11) is 0. The molecule has 20 heavy (non-hydrogen) atoms. The van der Waals surface area contributed by atoms with E-state index in [1.54, 1.807) is 11.8 Å². The van der Waals surface area contributed by atoms with Crippen LogP contribution in [-0.2, 0) is 0 Å². The smallest absolute Gasteiger partial charge is 0.231 e. The van der Waals surface area contributed by atoms with Crippen molar-refractivity contribution in [3.63, 3.8) is 0 Å². The quantitative estimate of drug-likeness (QED) is 0.846. The van der Waals surface area contributed by atoms with Crippen LogP contribution in [0.25, 0.3) is 0 Å². The first-order chi connectivity index (χ1) is 9.74. The van der Waals surface area contributed by atoms with Crippen LogP contribution in [0.3, 0.4) is 0 Å². The summed E-state index contributed by atoms with van der Waals surface area (Å²) in [6.07, 6.45) is 0. The van der Waals surface area contributed by atoms with Crippen LogP contribution in [-0.4, -0.2) is 12.5 Å². The van der Waals surface area contributed by atoms with Crippen LogP contribution in [0.2, 0.25) is 0 Å². The molecule has 3 rings (SSSR count). The molecule has 0 saturated carbocycles. The van der Waals surface area contributed by atoms with E-state index in [0.717, 1.165) is 27.3 Å². The van der Waals surface area contributed by atoms with E-state index < -0.39 is 0 Å². The number of hydrogen-bond donors (Lipinski definition) is 1. The lowest BCUT2D eigenvalue weighted by Gasteiger charge is -2.13. The topological polar surface area (TPSA) is 44.5 Å². The van der Waals surface area contributed by atoms with Gasteiger partial charge in [0.05, 0.1) is 0 Å². The van der Waals surface area contributed by atoms with Gasteiger partial charge in [-0.15, -0.1) is 11.8 Å². The molecule has 5 heteroatoms. The third-order valence-corrected chi connectivity index (χ3v) is 5.23. The summed E-state index contributed by atoms with van der Waals surface area (Å²) in [5.41, 5.74) is 7.32. The molecule has 0 bridgehead atoms. The number of halogens is 1. The minimum absolute atomic E-state index is 0.0402. The normalized spacial score (nSPS) is 14.3. The first-order valence-electron chi connectivity index (χ1n) is 6.26. The van der Waals surface area contributed by atoms with Crippen LogP contribution in [0.1, 0.15) is 11.6 Å². The van der Waals surface area contributed by atoms with Crippen LogP contribution < -0.4 is 15.2 Å². The van der Waals surface area contributed by atoms with Gasteiger partial charge in [-0.05, 0) is 45.8 Å². The molecule has 1 atom stereocenters. The molecule has 2 N–H and O–H groups in total. The summed E-state index contributed by atoms with van der Waals surface area (Å²) in [5.74, 6) is 2.38. The Bertz CT molecular complexity index is 621. The highest BCUT2D eigenvalue weighted by atomic mass is 79.9. The van der Waals surface area contributed by atoms with E-state index in [-0.39, 0.29) is 6.04 Å². The minimum atomic E-state index is -0.0402. The van der Waals surface area contributed by atoms with Crippen molar-refractivity contribution in [2.45, 2.75) is 10.9 Å². The predicted molar refractivity (Wildman–Crippen MR) is 84.4 cm³/mol. The molecule has 0 aromatic heterocycles. The molecule has 1 aliphatic heterocycles. The van der Waals surface area contributed by atoms with Gasteiger partial charge in [-0.3, -0.25) is 0 Å². The molecule has 0 amide bonds. The van der Waals surface area contributed by atoms with E-state index >= 15 is 0 Å². The number of thioether (sulfide) groups is 1. The summed E-state index contributed by atoms with van der Waals surface area (Å²) in [4.78, 5) is 1.20. The number of fused-ring (bicyclic) bond motifs is 1. The Hall–Kier alpha value is -1.17. The highest BCUT2D eigenvalue weighted by molar-refractivity contribution is 9.10. The third kappa shape index (κ3) is 2.95. The zero-order chi connectivity index (χ0) is 13.9. The van der Waals surface area contributed by atoms with E-state index in [9.17, 15) is 0 Å². The summed E-state index contributed by atoms with van der Waals surface area (Å²) in [6.45, 7) is 0.291. The second-order valence-electron chi connectivity index (χ2n) is 4.46. The fourth-order valence-corrected chi connectivity index (χ4v) is 3.54. The molecule has 0 saturated heterocycles. The second-order valence-corrected chi connectivity index (χ2v) is 6.38. The van der Waals surface area contributed by atoms with Crippen molar-refractivity contribution in [3.05, 3.63) is 52.5 Å². The summed E-state index contributed by atoms with van der Waals surface area (Å²) in [6, 6.07) is 14.0. The number of benzene rings is 2. The number of ether oxygens (including phenoxy) is 2. The van der Waals surface area contributed by atoms with Gasteiger partial charge >= 0.3 is 0 Å². The van der Waals surface area contributed by atoms with E-state index in [1.807, 2.05) is 36.4 Å². The van der Waals surface area contributed by atoms with Gasteiger partial charge in [0.2, 0.25) is 6.79 Å². The summed E-state index contributed by atoms with van der Waals surface area (Å²) in [5, 5.41) is 0. The highest BCUT2D eigenvalue weighted by Gasteiger charge is 2.16. The Morgan fingerprint density at radius 1 is 1.15 bits per heavy atom. The average Bonchev–Trinajstić information content (AvgIpc) is 2.93. The predicted octanol–water partition coefficient (Wildman–Crippen LogP) is 3.97. The number of hydrogen-bond acceptors (Lipinski definition) is 4. The lowest BCUT2D eigenvalue weighted by molar-refractivity contribution is 0.174. The molecule has 0 radical (unpaired) electrons. The molecule has 3 nitrogen and oxygen atoms in total. The van der Waals surface area contributed by atoms with Gasteiger partial charge in [-0.1, -0.05) is 18.2 Å². The fourth-order valence-electron chi connectivity index (χ4n) is 1.98. The maximum atomic E-state index is 6.25. The van der Waals surface area contributed by atoms with E-state index in [0.29, 0.717) is 6.79 Å². The van der Waals surface area contributed by atoms with Crippen molar-refractivity contribution >= 4 is 27.7 Å². The maximum absolute atomic E-state index is 6.25. The molecular formula is C15H14BrNO2S. The molecule has 2 aromatic rings.